The molecule has 0 unspecified atom stereocenters. The summed E-state index contributed by atoms with van der Waals surface area (Å²) in [5.74, 6) is 0. The Balaban J connectivity index is 2.33. The Labute approximate surface area is 95.2 Å². The first-order valence-corrected chi connectivity index (χ1v) is 5.80. The van der Waals surface area contributed by atoms with Gasteiger partial charge in [-0.3, -0.25) is 0 Å². The zero-order chi connectivity index (χ0) is 11.1. The minimum Gasteiger partial charge on any atom is -0.329 e. The average Bonchev–Trinajstić information content (AvgIpc) is 2.74. The van der Waals surface area contributed by atoms with Crippen LogP contribution in [0.3, 0.4) is 0 Å². The maximum Gasteiger partial charge on any atom is 0.0425 e. The predicted octanol–water partition coefficient (Wildman–Crippen LogP) is 1.90. The van der Waals surface area contributed by atoms with Crippen LogP contribution in [0, 0.1) is 0 Å². The summed E-state index contributed by atoms with van der Waals surface area (Å²) in [6, 6.07) is 10.8. The molecule has 0 saturated carbocycles. The van der Waals surface area contributed by atoms with E-state index in [4.69, 9.17) is 11.5 Å². The molecule has 3 rings (SSSR count). The van der Waals surface area contributed by atoms with Crippen molar-refractivity contribution in [2.75, 3.05) is 6.54 Å². The zero-order valence-corrected chi connectivity index (χ0v) is 9.24. The summed E-state index contributed by atoms with van der Waals surface area (Å²) < 4.78 is 0. The molecule has 2 aromatic carbocycles. The van der Waals surface area contributed by atoms with Crippen molar-refractivity contribution in [2.45, 2.75) is 18.9 Å². The summed E-state index contributed by atoms with van der Waals surface area (Å²) >= 11 is 0. The lowest BCUT2D eigenvalue weighted by Gasteiger charge is -2.13. The minimum absolute atomic E-state index is 0.0510. The molecule has 0 spiro atoms. The Morgan fingerprint density at radius 1 is 1.06 bits per heavy atom. The van der Waals surface area contributed by atoms with Gasteiger partial charge in [0.1, 0.15) is 0 Å². The Kier molecular flexibility index (Phi) is 2.20. The highest BCUT2D eigenvalue weighted by molar-refractivity contribution is 5.93. The quantitative estimate of drug-likeness (QED) is 0.798. The second-order valence-electron chi connectivity index (χ2n) is 4.50. The molecule has 0 bridgehead atoms. The van der Waals surface area contributed by atoms with Crippen LogP contribution < -0.4 is 11.5 Å². The van der Waals surface area contributed by atoms with Crippen molar-refractivity contribution in [3.8, 4) is 0 Å². The van der Waals surface area contributed by atoms with Crippen molar-refractivity contribution in [3.05, 3.63) is 47.0 Å². The lowest BCUT2D eigenvalue weighted by molar-refractivity contribution is 0.743. The number of nitrogens with two attached hydrogens (primary N) is 2. The molecule has 0 aromatic heterocycles. The van der Waals surface area contributed by atoms with E-state index < -0.39 is 0 Å². The van der Waals surface area contributed by atoms with Crippen LogP contribution in [0.5, 0.6) is 0 Å². The van der Waals surface area contributed by atoms with E-state index in [1.165, 1.54) is 27.5 Å². The molecule has 4 N–H and O–H groups in total. The lowest BCUT2D eigenvalue weighted by Crippen LogP contribution is -2.21. The van der Waals surface area contributed by atoms with Gasteiger partial charge >= 0.3 is 0 Å². The summed E-state index contributed by atoms with van der Waals surface area (Å²) in [6.45, 7) is 0.499. The normalized spacial score (nSPS) is 15.6. The second-order valence-corrected chi connectivity index (χ2v) is 4.50. The van der Waals surface area contributed by atoms with E-state index in [-0.39, 0.29) is 6.04 Å². The molecule has 0 radical (unpaired) electrons. The van der Waals surface area contributed by atoms with E-state index >= 15 is 0 Å². The van der Waals surface area contributed by atoms with Gasteiger partial charge in [-0.15, -0.1) is 0 Å². The number of aryl methyl sites for hydroxylation is 2. The van der Waals surface area contributed by atoms with Gasteiger partial charge in [-0.2, -0.15) is 0 Å². The highest BCUT2D eigenvalue weighted by Crippen LogP contribution is 2.34. The van der Waals surface area contributed by atoms with Crippen LogP contribution >= 0.6 is 0 Å². The number of hydrogen-bond acceptors (Lipinski definition) is 2. The van der Waals surface area contributed by atoms with Gasteiger partial charge in [0.05, 0.1) is 0 Å². The third-order valence-electron chi connectivity index (χ3n) is 3.56. The van der Waals surface area contributed by atoms with Gasteiger partial charge in [-0.1, -0.05) is 30.3 Å². The highest BCUT2D eigenvalue weighted by Gasteiger charge is 2.17. The maximum atomic E-state index is 6.06. The van der Waals surface area contributed by atoms with E-state index in [1.807, 2.05) is 0 Å². The second kappa shape index (κ2) is 3.58. The Morgan fingerprint density at radius 3 is 2.56 bits per heavy atom. The molecule has 0 heterocycles. The number of rotatable bonds is 2. The minimum atomic E-state index is -0.0510. The van der Waals surface area contributed by atoms with E-state index in [2.05, 4.69) is 30.3 Å². The molecule has 1 aliphatic rings. The largest absolute Gasteiger partial charge is 0.329 e. The van der Waals surface area contributed by atoms with Crippen molar-refractivity contribution in [1.29, 1.82) is 0 Å². The maximum absolute atomic E-state index is 6.06. The molecule has 2 aromatic rings. The lowest BCUT2D eigenvalue weighted by atomic mass is 9.96. The van der Waals surface area contributed by atoms with Gasteiger partial charge in [0.25, 0.3) is 0 Å². The first kappa shape index (κ1) is 9.82. The van der Waals surface area contributed by atoms with Crippen LogP contribution in [0.1, 0.15) is 22.7 Å². The van der Waals surface area contributed by atoms with Gasteiger partial charge < -0.3 is 11.5 Å². The molecule has 82 valence electrons. The van der Waals surface area contributed by atoms with Crippen molar-refractivity contribution in [3.63, 3.8) is 0 Å². The standard InChI is InChI=1S/C14H16N2/c15-8-13(16)11-7-6-10-5-4-9-2-1-3-12(11)14(9)10/h1-3,6-7,13H,4-5,8,15-16H2/t13-/m0/s1. The first-order chi connectivity index (χ1) is 7.81. The van der Waals surface area contributed by atoms with E-state index in [0.29, 0.717) is 6.54 Å². The third-order valence-corrected chi connectivity index (χ3v) is 3.56. The summed E-state index contributed by atoms with van der Waals surface area (Å²) in [7, 11) is 0. The van der Waals surface area contributed by atoms with Crippen molar-refractivity contribution < 1.29 is 0 Å². The number of benzene rings is 2. The molecule has 0 amide bonds. The smallest absolute Gasteiger partial charge is 0.0425 e. The van der Waals surface area contributed by atoms with Crippen LogP contribution in [-0.2, 0) is 12.8 Å². The fourth-order valence-electron chi connectivity index (χ4n) is 2.72. The van der Waals surface area contributed by atoms with Crippen molar-refractivity contribution in [1.82, 2.24) is 0 Å². The molecule has 1 aliphatic carbocycles. The van der Waals surface area contributed by atoms with E-state index in [9.17, 15) is 0 Å². The van der Waals surface area contributed by atoms with Crippen molar-refractivity contribution >= 4 is 10.8 Å². The van der Waals surface area contributed by atoms with Crippen LogP contribution in [0.25, 0.3) is 10.8 Å². The zero-order valence-electron chi connectivity index (χ0n) is 9.24. The highest BCUT2D eigenvalue weighted by atomic mass is 14.7. The Hall–Kier alpha value is -1.38. The molecular weight excluding hydrogens is 196 g/mol. The molecule has 0 fully saturated rings. The third kappa shape index (κ3) is 1.27. The molecule has 16 heavy (non-hydrogen) atoms. The van der Waals surface area contributed by atoms with Crippen LogP contribution in [0.2, 0.25) is 0 Å². The fourth-order valence-corrected chi connectivity index (χ4v) is 2.72. The number of hydrogen-bond donors (Lipinski definition) is 2. The van der Waals surface area contributed by atoms with Gasteiger partial charge in [0, 0.05) is 12.6 Å². The average molecular weight is 212 g/mol. The van der Waals surface area contributed by atoms with Gasteiger partial charge in [0.15, 0.2) is 0 Å². The van der Waals surface area contributed by atoms with Crippen LogP contribution in [-0.4, -0.2) is 6.54 Å². The molecule has 0 saturated heterocycles. The molecule has 2 heteroatoms. The summed E-state index contributed by atoms with van der Waals surface area (Å²) in [4.78, 5) is 0. The molecule has 0 aliphatic heterocycles. The van der Waals surface area contributed by atoms with Crippen LogP contribution in [0.15, 0.2) is 30.3 Å². The molecule has 1 atom stereocenters. The summed E-state index contributed by atoms with van der Waals surface area (Å²) in [5.41, 5.74) is 15.8. The first-order valence-electron chi connectivity index (χ1n) is 5.80. The predicted molar refractivity (Wildman–Crippen MR) is 67.3 cm³/mol. The fraction of sp³-hybridized carbons (Fsp3) is 0.286. The molecule has 2 nitrogen and oxygen atoms in total. The van der Waals surface area contributed by atoms with Crippen LogP contribution in [0.4, 0.5) is 0 Å². The van der Waals surface area contributed by atoms with Gasteiger partial charge in [-0.25, -0.2) is 0 Å². The molecular formula is C14H16N2. The van der Waals surface area contributed by atoms with Gasteiger partial charge in [-0.05, 0) is 40.3 Å². The Bertz CT molecular complexity index is 535. The summed E-state index contributed by atoms with van der Waals surface area (Å²) in [5, 5.41) is 2.72. The Morgan fingerprint density at radius 2 is 1.81 bits per heavy atom. The summed E-state index contributed by atoms with van der Waals surface area (Å²) in [6.07, 6.45) is 2.32. The monoisotopic (exact) mass is 212 g/mol. The van der Waals surface area contributed by atoms with Crippen molar-refractivity contribution in [2.24, 2.45) is 11.5 Å². The van der Waals surface area contributed by atoms with Gasteiger partial charge in [0.2, 0.25) is 0 Å². The SMILES string of the molecule is NC[C@H](N)c1ccc2c3c(cccc13)CC2. The van der Waals surface area contributed by atoms with E-state index in [1.54, 1.807) is 0 Å². The topological polar surface area (TPSA) is 52.0 Å². The van der Waals surface area contributed by atoms with E-state index in [0.717, 1.165) is 12.8 Å².